The lowest BCUT2D eigenvalue weighted by Gasteiger charge is -2.39. The second-order valence-electron chi connectivity index (χ2n) is 17.1. The molecule has 5 atom stereocenters. The number of azide groups is 1. The number of amides is 2. The zero-order valence-electron chi connectivity index (χ0n) is 35.5. The molecular formula is C45H52N8O8. The average Bonchev–Trinajstić information content (AvgIpc) is 3.75. The molecule has 0 saturated carbocycles. The number of H-pyrrole nitrogens is 1. The van der Waals surface area contributed by atoms with Crippen LogP contribution in [0.3, 0.4) is 0 Å². The first-order chi connectivity index (χ1) is 28.9. The molecule has 6 rings (SSSR count). The van der Waals surface area contributed by atoms with E-state index in [1.54, 1.807) is 55.4 Å². The highest BCUT2D eigenvalue weighted by atomic mass is 16.6. The van der Waals surface area contributed by atoms with Crippen molar-refractivity contribution < 1.29 is 38.4 Å². The number of fused-ring (bicyclic) bond motifs is 1. The van der Waals surface area contributed by atoms with Gasteiger partial charge in [-0.2, -0.15) is 0 Å². The SMILES string of the molecule is CC(C)[C@H](NC(=O)OC(C)(C)C)C(=O)O[C@H]1[C@@H](O)[C@H](c2c[nH]c3c(N=[N+]=[N-])ncnc23)N(C(=O)OC(C)(C)C)[C@@H]1COC(c1ccccc1)(c1ccccc1)c1ccccc1. The van der Waals surface area contributed by atoms with Crippen molar-refractivity contribution in [2.24, 2.45) is 11.0 Å². The first-order valence-corrected chi connectivity index (χ1v) is 20.0. The first kappa shape index (κ1) is 44.1. The van der Waals surface area contributed by atoms with Gasteiger partial charge in [-0.15, -0.1) is 0 Å². The Morgan fingerprint density at radius 2 is 1.41 bits per heavy atom. The van der Waals surface area contributed by atoms with Crippen LogP contribution < -0.4 is 5.32 Å². The summed E-state index contributed by atoms with van der Waals surface area (Å²) >= 11 is 0. The number of benzene rings is 3. The van der Waals surface area contributed by atoms with Gasteiger partial charge in [0.2, 0.25) is 0 Å². The molecule has 320 valence electrons. The van der Waals surface area contributed by atoms with Crippen molar-refractivity contribution >= 4 is 35.0 Å². The summed E-state index contributed by atoms with van der Waals surface area (Å²) in [4.78, 5) is 57.9. The zero-order valence-corrected chi connectivity index (χ0v) is 35.5. The molecule has 3 N–H and O–H groups in total. The molecule has 0 radical (unpaired) electrons. The Morgan fingerprint density at radius 1 is 0.869 bits per heavy atom. The average molecular weight is 833 g/mol. The standard InChI is InChI=1S/C45H52N8O8/c1-27(2)33(50-41(56)60-43(3,4)5)40(55)59-38-32(25-58-45(28-18-12-9-13-19-28,29-20-14-10-15-21-29)30-22-16-11-17-23-30)53(42(57)61-44(6,7)8)36(37(38)54)31-24-47-35-34(31)48-26-49-39(35)51-52-46/h9-24,26-27,32-33,36-38,47,54H,25H2,1-8H3,(H,50,56)/t32-,33+,36+,37+,38-/m1/s1. The van der Waals surface area contributed by atoms with Gasteiger partial charge >= 0.3 is 18.2 Å². The summed E-state index contributed by atoms with van der Waals surface area (Å²) in [7, 11) is 0. The molecule has 5 aromatic rings. The molecule has 0 unspecified atom stereocenters. The molecular weight excluding hydrogens is 781 g/mol. The fraction of sp³-hybridized carbons (Fsp3) is 0.400. The predicted octanol–water partition coefficient (Wildman–Crippen LogP) is 8.39. The highest BCUT2D eigenvalue weighted by Gasteiger charge is 2.56. The number of aliphatic hydroxyl groups excluding tert-OH is 1. The Hall–Kier alpha value is -6.48. The molecule has 1 aliphatic heterocycles. The Labute approximate surface area is 354 Å². The predicted molar refractivity (Wildman–Crippen MR) is 226 cm³/mol. The first-order valence-electron chi connectivity index (χ1n) is 20.0. The molecule has 61 heavy (non-hydrogen) atoms. The van der Waals surface area contributed by atoms with Crippen LogP contribution in [-0.2, 0) is 29.3 Å². The number of ether oxygens (including phenoxy) is 4. The smallest absolute Gasteiger partial charge is 0.411 e. The number of hydrogen-bond donors (Lipinski definition) is 3. The van der Waals surface area contributed by atoms with Gasteiger partial charge in [0.15, 0.2) is 11.9 Å². The number of alkyl carbamates (subject to hydrolysis) is 1. The van der Waals surface area contributed by atoms with Crippen LogP contribution in [0.15, 0.2) is 109 Å². The van der Waals surface area contributed by atoms with Crippen LogP contribution in [0.2, 0.25) is 0 Å². The monoisotopic (exact) mass is 832 g/mol. The lowest BCUT2D eigenvalue weighted by molar-refractivity contribution is -0.160. The van der Waals surface area contributed by atoms with Gasteiger partial charge in [-0.1, -0.05) is 105 Å². The Bertz CT molecular complexity index is 2260. The van der Waals surface area contributed by atoms with Crippen molar-refractivity contribution in [2.45, 2.75) is 103 Å². The number of hydrogen-bond acceptors (Lipinski definition) is 11. The molecule has 0 bridgehead atoms. The molecule has 0 aliphatic carbocycles. The summed E-state index contributed by atoms with van der Waals surface area (Å²) in [6.07, 6.45) is -2.07. The molecule has 16 nitrogen and oxygen atoms in total. The van der Waals surface area contributed by atoms with E-state index >= 15 is 0 Å². The number of carbonyl (C=O) groups excluding carboxylic acids is 3. The van der Waals surface area contributed by atoms with Crippen LogP contribution in [-0.4, -0.2) is 85.2 Å². The highest BCUT2D eigenvalue weighted by Crippen LogP contribution is 2.45. The maximum absolute atomic E-state index is 14.7. The second-order valence-corrected chi connectivity index (χ2v) is 17.1. The highest BCUT2D eigenvalue weighted by molar-refractivity contribution is 5.88. The molecule has 2 aromatic heterocycles. The number of nitrogens with one attached hydrogen (secondary N) is 2. The Morgan fingerprint density at radius 3 is 1.90 bits per heavy atom. The summed E-state index contributed by atoms with van der Waals surface area (Å²) < 4.78 is 25.0. The van der Waals surface area contributed by atoms with Gasteiger partial charge in [-0.3, -0.25) is 4.90 Å². The zero-order chi connectivity index (χ0) is 44.1. The van der Waals surface area contributed by atoms with Gasteiger partial charge in [0.05, 0.1) is 29.7 Å². The molecule has 0 spiro atoms. The van der Waals surface area contributed by atoms with E-state index in [0.29, 0.717) is 5.56 Å². The number of aromatic nitrogens is 3. The molecule has 1 saturated heterocycles. The topological polar surface area (TPSA) is 214 Å². The summed E-state index contributed by atoms with van der Waals surface area (Å²) in [5.41, 5.74) is 9.17. The minimum Gasteiger partial charge on any atom is -0.456 e. The Kier molecular flexibility index (Phi) is 13.0. The van der Waals surface area contributed by atoms with E-state index in [2.05, 4.69) is 30.3 Å². The number of aliphatic hydroxyl groups is 1. The number of rotatable bonds is 12. The van der Waals surface area contributed by atoms with E-state index in [0.717, 1.165) is 16.7 Å². The molecule has 2 amide bonds. The van der Waals surface area contributed by atoms with E-state index in [-0.39, 0.29) is 23.5 Å². The molecule has 1 fully saturated rings. The molecule has 1 aliphatic rings. The third kappa shape index (κ3) is 9.62. The van der Waals surface area contributed by atoms with Crippen LogP contribution in [0.5, 0.6) is 0 Å². The second kappa shape index (κ2) is 18.0. The van der Waals surface area contributed by atoms with Crippen LogP contribution in [0.25, 0.3) is 21.5 Å². The summed E-state index contributed by atoms with van der Waals surface area (Å²) in [6.45, 7) is 13.4. The number of aromatic amines is 1. The van der Waals surface area contributed by atoms with Gasteiger partial charge in [-0.25, -0.2) is 24.4 Å². The van der Waals surface area contributed by atoms with Crippen molar-refractivity contribution in [1.29, 1.82) is 0 Å². The van der Waals surface area contributed by atoms with Gasteiger partial charge in [0, 0.05) is 16.7 Å². The lowest BCUT2D eigenvalue weighted by Crippen LogP contribution is -2.52. The van der Waals surface area contributed by atoms with Gasteiger partial charge < -0.3 is 34.4 Å². The van der Waals surface area contributed by atoms with E-state index in [9.17, 15) is 25.0 Å². The van der Waals surface area contributed by atoms with E-state index in [4.69, 9.17) is 18.9 Å². The van der Waals surface area contributed by atoms with E-state index in [1.165, 1.54) is 17.4 Å². The van der Waals surface area contributed by atoms with Crippen LogP contribution >= 0.6 is 0 Å². The summed E-state index contributed by atoms with van der Waals surface area (Å²) in [5, 5.41) is 18.9. The molecule has 3 heterocycles. The summed E-state index contributed by atoms with van der Waals surface area (Å²) in [6, 6.07) is 25.0. The lowest BCUT2D eigenvalue weighted by atomic mass is 9.80. The molecule has 16 heteroatoms. The van der Waals surface area contributed by atoms with Gasteiger partial charge in [-0.05, 0) is 74.8 Å². The number of nitrogens with zero attached hydrogens (tertiary/aromatic N) is 6. The number of carbonyl (C=O) groups is 3. The van der Waals surface area contributed by atoms with E-state index in [1.807, 2.05) is 91.0 Å². The van der Waals surface area contributed by atoms with Crippen LogP contribution in [0, 0.1) is 5.92 Å². The van der Waals surface area contributed by atoms with Crippen LogP contribution in [0.1, 0.15) is 83.7 Å². The maximum atomic E-state index is 14.7. The summed E-state index contributed by atoms with van der Waals surface area (Å²) in [5.74, 6) is -1.38. The third-order valence-corrected chi connectivity index (χ3v) is 10.1. The Balaban J connectivity index is 1.53. The van der Waals surface area contributed by atoms with Crippen molar-refractivity contribution in [3.05, 3.63) is 136 Å². The normalized spacial score (nSPS) is 18.6. The number of esters is 1. The van der Waals surface area contributed by atoms with Crippen molar-refractivity contribution in [2.75, 3.05) is 6.61 Å². The van der Waals surface area contributed by atoms with Gasteiger partial charge in [0.25, 0.3) is 0 Å². The minimum absolute atomic E-state index is 0.00993. The van der Waals surface area contributed by atoms with Crippen LogP contribution in [0.4, 0.5) is 15.4 Å². The third-order valence-electron chi connectivity index (χ3n) is 10.1. The van der Waals surface area contributed by atoms with Gasteiger partial charge in [0.1, 0.15) is 35.3 Å². The van der Waals surface area contributed by atoms with Crippen molar-refractivity contribution in [1.82, 2.24) is 25.2 Å². The largest absolute Gasteiger partial charge is 0.456 e. The minimum atomic E-state index is -1.63. The van der Waals surface area contributed by atoms with Crippen molar-refractivity contribution in [3.63, 3.8) is 0 Å². The van der Waals surface area contributed by atoms with E-state index < -0.39 is 71.2 Å². The fourth-order valence-electron chi connectivity index (χ4n) is 7.57. The number of likely N-dealkylation sites (tertiary alicyclic amines) is 1. The quantitative estimate of drug-likeness (QED) is 0.0273. The van der Waals surface area contributed by atoms with Crippen molar-refractivity contribution in [3.8, 4) is 0 Å². The molecule has 3 aromatic carbocycles. The fourth-order valence-corrected chi connectivity index (χ4v) is 7.57. The maximum Gasteiger partial charge on any atom is 0.411 e.